The summed E-state index contributed by atoms with van der Waals surface area (Å²) in [6.07, 6.45) is 0.914. The maximum Gasteiger partial charge on any atom is 0.171 e. The average Bonchev–Trinajstić information content (AvgIpc) is 2.68. The van der Waals surface area contributed by atoms with Crippen LogP contribution in [0.4, 0.5) is 5.82 Å². The summed E-state index contributed by atoms with van der Waals surface area (Å²) in [5.74, 6) is 1.60. The van der Waals surface area contributed by atoms with Crippen molar-refractivity contribution in [1.82, 2.24) is 9.97 Å². The van der Waals surface area contributed by atoms with Crippen molar-refractivity contribution in [3.63, 3.8) is 0 Å². The van der Waals surface area contributed by atoms with Gasteiger partial charge in [0.25, 0.3) is 0 Å². The molecule has 0 fully saturated rings. The SMILES string of the molecule is CCc1c(C)nc(-c2cc(Br)c(Cl)s2)nc1NC. The van der Waals surface area contributed by atoms with E-state index in [1.165, 1.54) is 11.3 Å². The van der Waals surface area contributed by atoms with Gasteiger partial charge >= 0.3 is 0 Å². The summed E-state index contributed by atoms with van der Waals surface area (Å²) in [5.41, 5.74) is 2.16. The minimum atomic E-state index is 0.714. The third-order valence-corrected chi connectivity index (χ3v) is 5.14. The molecule has 0 aliphatic rings. The van der Waals surface area contributed by atoms with Crippen LogP contribution in [-0.2, 0) is 6.42 Å². The van der Waals surface area contributed by atoms with Crippen LogP contribution in [0.3, 0.4) is 0 Å². The monoisotopic (exact) mass is 345 g/mol. The summed E-state index contributed by atoms with van der Waals surface area (Å²) in [6, 6.07) is 1.95. The number of rotatable bonds is 3. The molecule has 0 unspecified atom stereocenters. The van der Waals surface area contributed by atoms with Crippen LogP contribution in [0.25, 0.3) is 10.7 Å². The average molecular weight is 347 g/mol. The summed E-state index contributed by atoms with van der Waals surface area (Å²) >= 11 is 10.9. The number of nitrogens with zero attached hydrogens (tertiary/aromatic N) is 2. The van der Waals surface area contributed by atoms with Gasteiger partial charge in [-0.3, -0.25) is 0 Å². The molecule has 0 saturated heterocycles. The van der Waals surface area contributed by atoms with E-state index in [0.29, 0.717) is 5.82 Å². The van der Waals surface area contributed by atoms with Gasteiger partial charge in [-0.1, -0.05) is 18.5 Å². The van der Waals surface area contributed by atoms with Crippen LogP contribution in [0.15, 0.2) is 10.5 Å². The molecule has 0 spiro atoms. The van der Waals surface area contributed by atoms with E-state index in [0.717, 1.165) is 37.2 Å². The number of aryl methyl sites for hydroxylation is 1. The minimum Gasteiger partial charge on any atom is -0.373 e. The van der Waals surface area contributed by atoms with E-state index >= 15 is 0 Å². The smallest absolute Gasteiger partial charge is 0.171 e. The number of anilines is 1. The number of aromatic nitrogens is 2. The van der Waals surface area contributed by atoms with E-state index in [-0.39, 0.29) is 0 Å². The summed E-state index contributed by atoms with van der Waals surface area (Å²) in [4.78, 5) is 10.1. The van der Waals surface area contributed by atoms with Gasteiger partial charge in [0.1, 0.15) is 10.2 Å². The maximum absolute atomic E-state index is 6.05. The molecule has 0 radical (unpaired) electrons. The first-order valence-electron chi connectivity index (χ1n) is 5.57. The summed E-state index contributed by atoms with van der Waals surface area (Å²) in [6.45, 7) is 4.11. The van der Waals surface area contributed by atoms with Crippen LogP contribution in [0.2, 0.25) is 4.34 Å². The lowest BCUT2D eigenvalue weighted by Crippen LogP contribution is -2.04. The van der Waals surface area contributed by atoms with Gasteiger partial charge in [0.15, 0.2) is 5.82 Å². The Labute approximate surface area is 124 Å². The van der Waals surface area contributed by atoms with Gasteiger partial charge < -0.3 is 5.32 Å². The highest BCUT2D eigenvalue weighted by Crippen LogP contribution is 2.37. The third kappa shape index (κ3) is 2.53. The van der Waals surface area contributed by atoms with Crippen LogP contribution in [-0.4, -0.2) is 17.0 Å². The topological polar surface area (TPSA) is 37.8 Å². The first-order chi connectivity index (χ1) is 8.56. The van der Waals surface area contributed by atoms with Crippen molar-refractivity contribution in [1.29, 1.82) is 0 Å². The highest BCUT2D eigenvalue weighted by atomic mass is 79.9. The van der Waals surface area contributed by atoms with Crippen molar-refractivity contribution >= 4 is 44.7 Å². The summed E-state index contributed by atoms with van der Waals surface area (Å²) in [5, 5.41) is 3.13. The number of thiophene rings is 1. The van der Waals surface area contributed by atoms with Crippen molar-refractivity contribution in [3.8, 4) is 10.7 Å². The van der Waals surface area contributed by atoms with Gasteiger partial charge in [0.05, 0.1) is 4.88 Å². The molecule has 0 saturated carbocycles. The molecule has 0 aliphatic carbocycles. The third-order valence-electron chi connectivity index (χ3n) is 2.67. The summed E-state index contributed by atoms with van der Waals surface area (Å²) in [7, 11) is 1.88. The second-order valence-electron chi connectivity index (χ2n) is 3.80. The minimum absolute atomic E-state index is 0.714. The second-order valence-corrected chi connectivity index (χ2v) is 6.30. The van der Waals surface area contributed by atoms with Crippen LogP contribution < -0.4 is 5.32 Å². The fourth-order valence-corrected chi connectivity index (χ4v) is 3.43. The van der Waals surface area contributed by atoms with E-state index in [1.807, 2.05) is 20.0 Å². The molecule has 0 amide bonds. The van der Waals surface area contributed by atoms with Gasteiger partial charge in [-0.2, -0.15) is 0 Å². The molecule has 2 heterocycles. The lowest BCUT2D eigenvalue weighted by Gasteiger charge is -2.10. The van der Waals surface area contributed by atoms with Gasteiger partial charge in [-0.15, -0.1) is 11.3 Å². The fourth-order valence-electron chi connectivity index (χ4n) is 1.79. The predicted molar refractivity (Wildman–Crippen MR) is 81.7 cm³/mol. The number of hydrogen-bond donors (Lipinski definition) is 1. The lowest BCUT2D eigenvalue weighted by atomic mass is 10.1. The van der Waals surface area contributed by atoms with Crippen LogP contribution >= 0.6 is 38.9 Å². The normalized spacial score (nSPS) is 10.7. The first kappa shape index (κ1) is 13.8. The largest absolute Gasteiger partial charge is 0.373 e. The highest BCUT2D eigenvalue weighted by molar-refractivity contribution is 9.10. The Morgan fingerprint density at radius 3 is 2.67 bits per heavy atom. The van der Waals surface area contributed by atoms with E-state index in [2.05, 4.69) is 38.1 Å². The van der Waals surface area contributed by atoms with Gasteiger partial charge in [0.2, 0.25) is 0 Å². The highest BCUT2D eigenvalue weighted by Gasteiger charge is 2.13. The number of nitrogens with one attached hydrogen (secondary N) is 1. The molecule has 0 aliphatic heterocycles. The molecule has 96 valence electrons. The molecular weight excluding hydrogens is 334 g/mol. The fraction of sp³-hybridized carbons (Fsp3) is 0.333. The molecule has 18 heavy (non-hydrogen) atoms. The van der Waals surface area contributed by atoms with Crippen molar-refractivity contribution in [3.05, 3.63) is 26.1 Å². The molecule has 1 N–H and O–H groups in total. The standard InChI is InChI=1S/C12H13BrClN3S/c1-4-7-6(2)16-12(17-11(7)15-3)9-5-8(13)10(14)18-9/h5H,4H2,1-3H3,(H,15,16,17). The maximum atomic E-state index is 6.05. The zero-order valence-corrected chi connectivity index (χ0v) is 13.5. The van der Waals surface area contributed by atoms with E-state index in [4.69, 9.17) is 11.6 Å². The predicted octanol–water partition coefficient (Wildman–Crippen LogP) is 4.53. The molecule has 3 nitrogen and oxygen atoms in total. The molecule has 2 aromatic rings. The number of hydrogen-bond acceptors (Lipinski definition) is 4. The molecule has 2 rings (SSSR count). The number of halogens is 2. The molecule has 0 atom stereocenters. The Kier molecular flexibility index (Phi) is 4.25. The zero-order valence-electron chi connectivity index (χ0n) is 10.3. The van der Waals surface area contributed by atoms with Gasteiger partial charge in [0, 0.05) is 22.8 Å². The van der Waals surface area contributed by atoms with Crippen molar-refractivity contribution in [2.24, 2.45) is 0 Å². The van der Waals surface area contributed by atoms with Crippen molar-refractivity contribution < 1.29 is 0 Å². The Hall–Kier alpha value is -0.650. The quantitative estimate of drug-likeness (QED) is 0.887. The molecule has 2 aromatic heterocycles. The van der Waals surface area contributed by atoms with Gasteiger partial charge in [-0.05, 0) is 35.3 Å². The molecule has 0 bridgehead atoms. The van der Waals surface area contributed by atoms with Crippen molar-refractivity contribution in [2.75, 3.05) is 12.4 Å². The Morgan fingerprint density at radius 1 is 1.44 bits per heavy atom. The molecular formula is C12H13BrClN3S. The van der Waals surface area contributed by atoms with E-state index in [1.54, 1.807) is 0 Å². The molecule has 6 heteroatoms. The van der Waals surface area contributed by atoms with Gasteiger partial charge in [-0.25, -0.2) is 9.97 Å². The van der Waals surface area contributed by atoms with E-state index in [9.17, 15) is 0 Å². The Balaban J connectivity index is 2.55. The Morgan fingerprint density at radius 2 is 2.17 bits per heavy atom. The molecule has 0 aromatic carbocycles. The van der Waals surface area contributed by atoms with Crippen LogP contribution in [0.5, 0.6) is 0 Å². The zero-order chi connectivity index (χ0) is 13.3. The summed E-state index contributed by atoms with van der Waals surface area (Å²) < 4.78 is 1.60. The second kappa shape index (κ2) is 5.55. The van der Waals surface area contributed by atoms with Crippen LogP contribution in [0, 0.1) is 6.92 Å². The lowest BCUT2D eigenvalue weighted by molar-refractivity contribution is 1.00. The first-order valence-corrected chi connectivity index (χ1v) is 7.56. The van der Waals surface area contributed by atoms with Crippen LogP contribution in [0.1, 0.15) is 18.2 Å². The van der Waals surface area contributed by atoms with Crippen molar-refractivity contribution in [2.45, 2.75) is 20.3 Å². The Bertz CT molecular complexity index is 563. The van der Waals surface area contributed by atoms with E-state index < -0.39 is 0 Å².